The van der Waals surface area contributed by atoms with Gasteiger partial charge in [-0.15, -0.1) is 0 Å². The standard InChI is InChI=1S/C20H24N2O4/c1-3-18(23)22-10-6-9-20(13-22,19(24)25)12-15-11-17(21-26-15)16-8-5-4-7-14(16)2/h4-5,7-8,11H,3,6,9-10,12-13H2,1-2H3,(H,24,25)/t20-/m1/s1. The summed E-state index contributed by atoms with van der Waals surface area (Å²) in [6, 6.07) is 9.67. The predicted molar refractivity (Wildman–Crippen MR) is 96.6 cm³/mol. The number of amides is 1. The average molecular weight is 356 g/mol. The maximum absolute atomic E-state index is 12.1. The van der Waals surface area contributed by atoms with Crippen LogP contribution in [0.2, 0.25) is 0 Å². The number of carbonyl (C=O) groups excluding carboxylic acids is 1. The molecule has 0 unspecified atom stereocenters. The lowest BCUT2D eigenvalue weighted by Crippen LogP contribution is -2.50. The van der Waals surface area contributed by atoms with E-state index in [9.17, 15) is 14.7 Å². The van der Waals surface area contributed by atoms with Gasteiger partial charge in [0.15, 0.2) is 0 Å². The van der Waals surface area contributed by atoms with E-state index in [2.05, 4.69) is 5.16 Å². The molecule has 0 spiro atoms. The molecule has 2 heterocycles. The zero-order chi connectivity index (χ0) is 18.7. The highest BCUT2D eigenvalue weighted by Gasteiger charge is 2.44. The SMILES string of the molecule is CCC(=O)N1CCC[C@](Cc2cc(-c3ccccc3C)no2)(C(=O)O)C1. The molecule has 1 saturated heterocycles. The largest absolute Gasteiger partial charge is 0.481 e. The van der Waals surface area contributed by atoms with Crippen LogP contribution in [0.5, 0.6) is 0 Å². The number of aromatic nitrogens is 1. The van der Waals surface area contributed by atoms with Crippen molar-refractivity contribution in [1.29, 1.82) is 0 Å². The molecule has 6 heteroatoms. The zero-order valence-electron chi connectivity index (χ0n) is 15.2. The number of nitrogens with zero attached hydrogens (tertiary/aromatic N) is 2. The van der Waals surface area contributed by atoms with Crippen LogP contribution in [0.25, 0.3) is 11.3 Å². The van der Waals surface area contributed by atoms with Crippen LogP contribution in [-0.2, 0) is 16.0 Å². The van der Waals surface area contributed by atoms with E-state index in [0.717, 1.165) is 11.1 Å². The first kappa shape index (κ1) is 18.2. The molecule has 2 aromatic rings. The topological polar surface area (TPSA) is 83.6 Å². The summed E-state index contributed by atoms with van der Waals surface area (Å²) in [4.78, 5) is 25.8. The minimum Gasteiger partial charge on any atom is -0.481 e. The minimum atomic E-state index is -1.02. The summed E-state index contributed by atoms with van der Waals surface area (Å²) < 4.78 is 5.46. The quantitative estimate of drug-likeness (QED) is 0.889. The second-order valence-electron chi connectivity index (χ2n) is 7.03. The van der Waals surface area contributed by atoms with Gasteiger partial charge in [-0.2, -0.15) is 0 Å². The van der Waals surface area contributed by atoms with Crippen LogP contribution < -0.4 is 0 Å². The summed E-state index contributed by atoms with van der Waals surface area (Å²) in [5, 5.41) is 14.0. The lowest BCUT2D eigenvalue weighted by atomic mass is 9.76. The summed E-state index contributed by atoms with van der Waals surface area (Å²) >= 11 is 0. The lowest BCUT2D eigenvalue weighted by molar-refractivity contribution is -0.155. The molecule has 1 atom stereocenters. The Balaban J connectivity index is 1.84. The van der Waals surface area contributed by atoms with E-state index in [1.807, 2.05) is 37.3 Å². The number of hydrogen-bond donors (Lipinski definition) is 1. The molecule has 6 nitrogen and oxygen atoms in total. The van der Waals surface area contributed by atoms with Crippen LogP contribution in [0.15, 0.2) is 34.9 Å². The van der Waals surface area contributed by atoms with E-state index in [1.54, 1.807) is 11.8 Å². The first-order chi connectivity index (χ1) is 12.4. The van der Waals surface area contributed by atoms with Gasteiger partial charge in [-0.25, -0.2) is 0 Å². The number of piperidine rings is 1. The van der Waals surface area contributed by atoms with Crippen molar-refractivity contribution < 1.29 is 19.2 Å². The lowest BCUT2D eigenvalue weighted by Gasteiger charge is -2.39. The zero-order valence-corrected chi connectivity index (χ0v) is 15.2. The van der Waals surface area contributed by atoms with E-state index in [-0.39, 0.29) is 18.9 Å². The van der Waals surface area contributed by atoms with Crippen molar-refractivity contribution in [2.75, 3.05) is 13.1 Å². The Kier molecular flexibility index (Phi) is 5.11. The van der Waals surface area contributed by atoms with Gasteiger partial charge >= 0.3 is 5.97 Å². The van der Waals surface area contributed by atoms with Gasteiger partial charge in [-0.05, 0) is 25.3 Å². The summed E-state index contributed by atoms with van der Waals surface area (Å²) in [7, 11) is 0. The second-order valence-corrected chi connectivity index (χ2v) is 7.03. The van der Waals surface area contributed by atoms with Crippen molar-refractivity contribution in [2.24, 2.45) is 5.41 Å². The molecule has 0 aliphatic carbocycles. The van der Waals surface area contributed by atoms with Crippen molar-refractivity contribution in [1.82, 2.24) is 10.1 Å². The van der Waals surface area contributed by atoms with Crippen LogP contribution in [-0.4, -0.2) is 40.1 Å². The van der Waals surface area contributed by atoms with Crippen LogP contribution in [0.3, 0.4) is 0 Å². The number of likely N-dealkylation sites (tertiary alicyclic amines) is 1. The number of aryl methyl sites for hydroxylation is 1. The summed E-state index contributed by atoms with van der Waals surface area (Å²) in [5.41, 5.74) is 1.73. The number of carboxylic acids is 1. The van der Waals surface area contributed by atoms with Gasteiger partial charge in [-0.1, -0.05) is 36.3 Å². The normalized spacial score (nSPS) is 20.2. The highest BCUT2D eigenvalue weighted by Crippen LogP contribution is 2.35. The number of rotatable bonds is 5. The van der Waals surface area contributed by atoms with Crippen molar-refractivity contribution >= 4 is 11.9 Å². The van der Waals surface area contributed by atoms with Crippen LogP contribution in [0, 0.1) is 12.3 Å². The predicted octanol–water partition coefficient (Wildman–Crippen LogP) is 3.30. The smallest absolute Gasteiger partial charge is 0.311 e. The number of aliphatic carboxylic acids is 1. The molecule has 1 fully saturated rings. The monoisotopic (exact) mass is 356 g/mol. The third-order valence-electron chi connectivity index (χ3n) is 5.18. The third kappa shape index (κ3) is 3.49. The average Bonchev–Trinajstić information content (AvgIpc) is 3.09. The number of benzene rings is 1. The molecule has 1 N–H and O–H groups in total. The summed E-state index contributed by atoms with van der Waals surface area (Å²) in [6.07, 6.45) is 1.82. The molecule has 138 valence electrons. The Morgan fingerprint density at radius 1 is 1.35 bits per heavy atom. The van der Waals surface area contributed by atoms with Gasteiger partial charge in [0.1, 0.15) is 11.5 Å². The highest BCUT2D eigenvalue weighted by molar-refractivity contribution is 5.80. The fourth-order valence-corrected chi connectivity index (χ4v) is 3.68. The van der Waals surface area contributed by atoms with Gasteiger partial charge < -0.3 is 14.5 Å². The Bertz CT molecular complexity index is 814. The first-order valence-electron chi connectivity index (χ1n) is 8.98. The van der Waals surface area contributed by atoms with E-state index < -0.39 is 11.4 Å². The number of carboxylic acid groups (broad SMARTS) is 1. The van der Waals surface area contributed by atoms with Crippen molar-refractivity contribution in [2.45, 2.75) is 39.5 Å². The molecular weight excluding hydrogens is 332 g/mol. The van der Waals surface area contributed by atoms with E-state index >= 15 is 0 Å². The van der Waals surface area contributed by atoms with Crippen LogP contribution in [0.4, 0.5) is 0 Å². The fourth-order valence-electron chi connectivity index (χ4n) is 3.68. The molecular formula is C20H24N2O4. The molecule has 1 aromatic heterocycles. The molecule has 1 aliphatic rings. The van der Waals surface area contributed by atoms with Gasteiger partial charge in [0.25, 0.3) is 0 Å². The molecule has 0 radical (unpaired) electrons. The summed E-state index contributed by atoms with van der Waals surface area (Å²) in [5.74, 6) is -0.357. The van der Waals surface area contributed by atoms with Crippen molar-refractivity contribution in [3.8, 4) is 11.3 Å². The Labute approximate surface area is 152 Å². The minimum absolute atomic E-state index is 0.00602. The highest BCUT2D eigenvalue weighted by atomic mass is 16.5. The Hall–Kier alpha value is -2.63. The molecule has 1 aromatic carbocycles. The maximum atomic E-state index is 12.1. The molecule has 3 rings (SSSR count). The molecule has 1 aliphatic heterocycles. The Morgan fingerprint density at radius 3 is 2.81 bits per heavy atom. The fraction of sp³-hybridized carbons (Fsp3) is 0.450. The third-order valence-corrected chi connectivity index (χ3v) is 5.18. The number of hydrogen-bond acceptors (Lipinski definition) is 4. The maximum Gasteiger partial charge on any atom is 0.311 e. The second kappa shape index (κ2) is 7.32. The van der Waals surface area contributed by atoms with E-state index in [1.165, 1.54) is 0 Å². The van der Waals surface area contributed by atoms with Crippen LogP contribution in [0.1, 0.15) is 37.5 Å². The van der Waals surface area contributed by atoms with Gasteiger partial charge in [0.05, 0.1) is 5.41 Å². The number of carbonyl (C=O) groups is 2. The molecule has 0 bridgehead atoms. The van der Waals surface area contributed by atoms with Gasteiger partial charge in [0, 0.05) is 37.6 Å². The van der Waals surface area contributed by atoms with Crippen LogP contribution >= 0.6 is 0 Å². The van der Waals surface area contributed by atoms with E-state index in [0.29, 0.717) is 37.3 Å². The van der Waals surface area contributed by atoms with Crippen molar-refractivity contribution in [3.05, 3.63) is 41.7 Å². The molecule has 26 heavy (non-hydrogen) atoms. The van der Waals surface area contributed by atoms with Gasteiger partial charge in [-0.3, -0.25) is 9.59 Å². The molecule has 0 saturated carbocycles. The van der Waals surface area contributed by atoms with Gasteiger partial charge in [0.2, 0.25) is 5.91 Å². The summed E-state index contributed by atoms with van der Waals surface area (Å²) in [6.45, 7) is 4.63. The Morgan fingerprint density at radius 2 is 2.12 bits per heavy atom. The van der Waals surface area contributed by atoms with E-state index in [4.69, 9.17) is 4.52 Å². The van der Waals surface area contributed by atoms with Crippen molar-refractivity contribution in [3.63, 3.8) is 0 Å². The first-order valence-corrected chi connectivity index (χ1v) is 8.98. The molecule has 1 amide bonds.